The maximum Gasteiger partial charge on any atom is 0.273 e. The van der Waals surface area contributed by atoms with Crippen LogP contribution < -0.4 is 4.74 Å². The summed E-state index contributed by atoms with van der Waals surface area (Å²) in [4.78, 5) is 8.13. The molecule has 0 saturated heterocycles. The van der Waals surface area contributed by atoms with Gasteiger partial charge in [0.15, 0.2) is 0 Å². The third-order valence-corrected chi connectivity index (χ3v) is 2.16. The maximum atomic E-state index is 5.38. The molecule has 0 atom stereocenters. The predicted octanol–water partition coefficient (Wildman–Crippen LogP) is 2.12. The van der Waals surface area contributed by atoms with E-state index >= 15 is 0 Å². The zero-order chi connectivity index (χ0) is 8.93. The summed E-state index contributed by atoms with van der Waals surface area (Å²) in [6.45, 7) is 0.481. The van der Waals surface area contributed by atoms with Gasteiger partial charge in [0, 0.05) is 17.8 Å². The number of aromatic nitrogens is 2. The zero-order valence-corrected chi connectivity index (χ0v) is 7.70. The van der Waals surface area contributed by atoms with Crippen molar-refractivity contribution in [2.75, 3.05) is 0 Å². The van der Waals surface area contributed by atoms with Gasteiger partial charge in [0.05, 0.1) is 5.69 Å². The summed E-state index contributed by atoms with van der Waals surface area (Å²) in [5.41, 5.74) is 0.915. The average molecular weight is 192 g/mol. The Balaban J connectivity index is 1.94. The lowest BCUT2D eigenvalue weighted by Crippen LogP contribution is -1.96. The lowest BCUT2D eigenvalue weighted by atomic mass is 10.4. The van der Waals surface area contributed by atoms with Gasteiger partial charge in [0.25, 0.3) is 5.19 Å². The van der Waals surface area contributed by atoms with Gasteiger partial charge in [0.2, 0.25) is 0 Å². The molecule has 2 aromatic heterocycles. The van der Waals surface area contributed by atoms with Crippen LogP contribution in [0.1, 0.15) is 5.69 Å². The fraction of sp³-hybridized carbons (Fsp3) is 0.111. The minimum atomic E-state index is 0.481. The van der Waals surface area contributed by atoms with Gasteiger partial charge in [-0.25, -0.2) is 4.98 Å². The molecule has 3 nitrogen and oxygen atoms in total. The Hall–Kier alpha value is -1.42. The fourth-order valence-electron chi connectivity index (χ4n) is 0.901. The second-order valence-corrected chi connectivity index (χ2v) is 3.26. The highest BCUT2D eigenvalue weighted by Crippen LogP contribution is 2.14. The summed E-state index contributed by atoms with van der Waals surface area (Å²) < 4.78 is 5.38. The van der Waals surface area contributed by atoms with Crippen molar-refractivity contribution < 1.29 is 4.74 Å². The van der Waals surface area contributed by atoms with Gasteiger partial charge in [-0.05, 0) is 12.1 Å². The molecule has 13 heavy (non-hydrogen) atoms. The molecule has 0 N–H and O–H groups in total. The molecule has 0 saturated carbocycles. The Morgan fingerprint density at radius 1 is 1.23 bits per heavy atom. The van der Waals surface area contributed by atoms with Crippen LogP contribution >= 0.6 is 11.3 Å². The van der Waals surface area contributed by atoms with Crippen LogP contribution in [-0.2, 0) is 6.61 Å². The normalized spacial score (nSPS) is 9.85. The van der Waals surface area contributed by atoms with Crippen molar-refractivity contribution in [1.82, 2.24) is 9.97 Å². The zero-order valence-electron chi connectivity index (χ0n) is 6.88. The molecular weight excluding hydrogens is 184 g/mol. The molecule has 0 radical (unpaired) electrons. The Morgan fingerprint density at radius 3 is 2.92 bits per heavy atom. The van der Waals surface area contributed by atoms with Crippen molar-refractivity contribution in [2.45, 2.75) is 6.61 Å². The van der Waals surface area contributed by atoms with E-state index in [2.05, 4.69) is 9.97 Å². The SMILES string of the molecule is c1ccc(COc2nccs2)nc1. The standard InChI is InChI=1S/C9H8N2OS/c1-2-4-10-8(3-1)7-12-9-11-5-6-13-9/h1-6H,7H2. The molecule has 0 aliphatic heterocycles. The van der Waals surface area contributed by atoms with E-state index in [1.54, 1.807) is 12.4 Å². The first-order valence-electron chi connectivity index (χ1n) is 3.87. The second kappa shape index (κ2) is 4.00. The highest BCUT2D eigenvalue weighted by molar-refractivity contribution is 7.11. The van der Waals surface area contributed by atoms with Crippen LogP contribution in [0.15, 0.2) is 36.0 Å². The first-order chi connectivity index (χ1) is 6.45. The van der Waals surface area contributed by atoms with Gasteiger partial charge in [-0.2, -0.15) is 0 Å². The van der Waals surface area contributed by atoms with Gasteiger partial charge in [-0.1, -0.05) is 17.4 Å². The van der Waals surface area contributed by atoms with Crippen molar-refractivity contribution >= 4 is 11.3 Å². The predicted molar refractivity (Wildman–Crippen MR) is 50.7 cm³/mol. The number of ether oxygens (including phenoxy) is 1. The lowest BCUT2D eigenvalue weighted by molar-refractivity contribution is 0.299. The number of thiazole rings is 1. The quantitative estimate of drug-likeness (QED) is 0.747. The summed E-state index contributed by atoms with van der Waals surface area (Å²) in [7, 11) is 0. The van der Waals surface area contributed by atoms with Gasteiger partial charge in [-0.3, -0.25) is 4.98 Å². The second-order valence-electron chi connectivity index (χ2n) is 2.41. The molecule has 0 bridgehead atoms. The summed E-state index contributed by atoms with van der Waals surface area (Å²) in [5, 5.41) is 2.57. The van der Waals surface area contributed by atoms with E-state index in [0.717, 1.165) is 5.69 Å². The van der Waals surface area contributed by atoms with Crippen molar-refractivity contribution in [3.8, 4) is 5.19 Å². The first kappa shape index (κ1) is 8.19. The largest absolute Gasteiger partial charge is 0.464 e. The summed E-state index contributed by atoms with van der Waals surface area (Å²) in [6, 6.07) is 5.74. The van der Waals surface area contributed by atoms with Gasteiger partial charge < -0.3 is 4.74 Å². The Bertz CT molecular complexity index is 347. The summed E-state index contributed by atoms with van der Waals surface area (Å²) in [5.74, 6) is 0. The molecule has 0 fully saturated rings. The molecule has 0 unspecified atom stereocenters. The molecular formula is C9H8N2OS. The van der Waals surface area contributed by atoms with E-state index in [0.29, 0.717) is 11.8 Å². The van der Waals surface area contributed by atoms with Crippen molar-refractivity contribution in [3.63, 3.8) is 0 Å². The van der Waals surface area contributed by atoms with E-state index in [9.17, 15) is 0 Å². The van der Waals surface area contributed by atoms with E-state index in [1.165, 1.54) is 11.3 Å². The van der Waals surface area contributed by atoms with Crippen LogP contribution in [-0.4, -0.2) is 9.97 Å². The molecule has 0 spiro atoms. The topological polar surface area (TPSA) is 35.0 Å². The molecule has 2 rings (SSSR count). The number of pyridine rings is 1. The monoisotopic (exact) mass is 192 g/mol. The van der Waals surface area contributed by atoms with E-state index in [4.69, 9.17) is 4.74 Å². The Morgan fingerprint density at radius 2 is 2.23 bits per heavy atom. The van der Waals surface area contributed by atoms with Crippen molar-refractivity contribution in [2.24, 2.45) is 0 Å². The highest BCUT2D eigenvalue weighted by atomic mass is 32.1. The molecule has 4 heteroatoms. The van der Waals surface area contributed by atoms with Crippen LogP contribution in [0.3, 0.4) is 0 Å². The number of hydrogen-bond acceptors (Lipinski definition) is 4. The number of hydrogen-bond donors (Lipinski definition) is 0. The Kier molecular flexibility index (Phi) is 2.52. The molecule has 0 aromatic carbocycles. The minimum Gasteiger partial charge on any atom is -0.464 e. The highest BCUT2D eigenvalue weighted by Gasteiger charge is 1.96. The molecule has 0 amide bonds. The first-order valence-corrected chi connectivity index (χ1v) is 4.75. The maximum absolute atomic E-state index is 5.38. The fourth-order valence-corrected chi connectivity index (χ4v) is 1.39. The van der Waals surface area contributed by atoms with E-state index < -0.39 is 0 Å². The third-order valence-electron chi connectivity index (χ3n) is 1.48. The van der Waals surface area contributed by atoms with Crippen molar-refractivity contribution in [3.05, 3.63) is 41.7 Å². The molecule has 0 aliphatic carbocycles. The van der Waals surface area contributed by atoms with Crippen LogP contribution in [0, 0.1) is 0 Å². The summed E-state index contributed by atoms with van der Waals surface area (Å²) >= 11 is 1.48. The minimum absolute atomic E-state index is 0.481. The smallest absolute Gasteiger partial charge is 0.273 e. The lowest BCUT2D eigenvalue weighted by Gasteiger charge is -1.99. The number of nitrogens with zero attached hydrogens (tertiary/aromatic N) is 2. The van der Waals surface area contributed by atoms with Crippen LogP contribution in [0.4, 0.5) is 0 Å². The molecule has 2 aromatic rings. The average Bonchev–Trinajstić information content (AvgIpc) is 2.69. The van der Waals surface area contributed by atoms with Crippen LogP contribution in [0.2, 0.25) is 0 Å². The van der Waals surface area contributed by atoms with Gasteiger partial charge >= 0.3 is 0 Å². The van der Waals surface area contributed by atoms with Crippen molar-refractivity contribution in [1.29, 1.82) is 0 Å². The van der Waals surface area contributed by atoms with E-state index in [-0.39, 0.29) is 0 Å². The molecule has 66 valence electrons. The Labute approximate surface area is 80.0 Å². The third kappa shape index (κ3) is 2.26. The van der Waals surface area contributed by atoms with Gasteiger partial charge in [0.1, 0.15) is 6.61 Å². The summed E-state index contributed by atoms with van der Waals surface area (Å²) in [6.07, 6.45) is 3.47. The van der Waals surface area contributed by atoms with Crippen LogP contribution in [0.25, 0.3) is 0 Å². The van der Waals surface area contributed by atoms with Crippen LogP contribution in [0.5, 0.6) is 5.19 Å². The molecule has 2 heterocycles. The van der Waals surface area contributed by atoms with Gasteiger partial charge in [-0.15, -0.1) is 0 Å². The number of rotatable bonds is 3. The van der Waals surface area contributed by atoms with E-state index in [1.807, 2.05) is 23.6 Å². The molecule has 0 aliphatic rings.